The fourth-order valence-corrected chi connectivity index (χ4v) is 2.50. The molecule has 0 saturated heterocycles. The molecule has 0 fully saturated rings. The van der Waals surface area contributed by atoms with Crippen molar-refractivity contribution in [2.45, 2.75) is 31.2 Å². The Morgan fingerprint density at radius 3 is 2.81 bits per heavy atom. The van der Waals surface area contributed by atoms with Crippen LogP contribution in [0, 0.1) is 10.7 Å². The summed E-state index contributed by atoms with van der Waals surface area (Å²) in [6, 6.07) is 6.10. The van der Waals surface area contributed by atoms with Gasteiger partial charge in [-0.3, -0.25) is 0 Å². The first-order chi connectivity index (χ1) is 7.52. The lowest BCUT2D eigenvalue weighted by Gasteiger charge is -2.31. The molecule has 1 aromatic rings. The van der Waals surface area contributed by atoms with Gasteiger partial charge in [0.05, 0.1) is 5.54 Å². The van der Waals surface area contributed by atoms with E-state index in [1.807, 2.05) is 12.1 Å². The van der Waals surface area contributed by atoms with E-state index in [9.17, 15) is 0 Å². The normalized spacial score (nSPS) is 16.8. The molecule has 0 bridgehead atoms. The molecule has 16 heavy (non-hydrogen) atoms. The topological polar surface area (TPSA) is 35.8 Å². The smallest absolute Gasteiger partial charge is 0.138 e. The fourth-order valence-electron chi connectivity index (χ4n) is 2.08. The van der Waals surface area contributed by atoms with Crippen LogP contribution in [0.2, 0.25) is 0 Å². The van der Waals surface area contributed by atoms with Crippen LogP contribution < -0.4 is 5.32 Å². The van der Waals surface area contributed by atoms with Crippen molar-refractivity contribution in [2.75, 3.05) is 5.32 Å². The standard InChI is InChI=1S/C13H14N2S/c1-9-7-13(2,3)15-12-5-4-10(16-8-14)6-11(9)12/h4-7,15H,1-3H3. The first-order valence-corrected chi connectivity index (χ1v) is 6.01. The Hall–Kier alpha value is -1.40. The van der Waals surface area contributed by atoms with Gasteiger partial charge in [-0.25, -0.2) is 0 Å². The molecule has 82 valence electrons. The van der Waals surface area contributed by atoms with Gasteiger partial charge in [-0.15, -0.1) is 0 Å². The maximum absolute atomic E-state index is 8.66. The van der Waals surface area contributed by atoms with Gasteiger partial charge in [0.2, 0.25) is 0 Å². The molecule has 1 N–H and O–H groups in total. The summed E-state index contributed by atoms with van der Waals surface area (Å²) in [7, 11) is 0. The van der Waals surface area contributed by atoms with E-state index in [1.165, 1.54) is 22.9 Å². The van der Waals surface area contributed by atoms with Crippen LogP contribution in [0.1, 0.15) is 26.3 Å². The average Bonchev–Trinajstić information content (AvgIpc) is 2.18. The molecule has 0 saturated carbocycles. The first-order valence-electron chi connectivity index (χ1n) is 5.20. The van der Waals surface area contributed by atoms with Crippen molar-refractivity contribution >= 4 is 23.0 Å². The number of benzene rings is 1. The number of fused-ring (bicyclic) bond motifs is 1. The predicted molar refractivity (Wildman–Crippen MR) is 69.3 cm³/mol. The van der Waals surface area contributed by atoms with E-state index < -0.39 is 0 Å². The average molecular weight is 230 g/mol. The summed E-state index contributed by atoms with van der Waals surface area (Å²) in [5.41, 5.74) is 3.60. The van der Waals surface area contributed by atoms with Crippen molar-refractivity contribution in [1.82, 2.24) is 0 Å². The van der Waals surface area contributed by atoms with Gasteiger partial charge >= 0.3 is 0 Å². The number of anilines is 1. The van der Waals surface area contributed by atoms with Crippen LogP contribution in [0.25, 0.3) is 5.57 Å². The van der Waals surface area contributed by atoms with Gasteiger partial charge in [0.25, 0.3) is 0 Å². The Morgan fingerprint density at radius 2 is 2.12 bits per heavy atom. The number of nitrogens with zero attached hydrogens (tertiary/aromatic N) is 1. The monoisotopic (exact) mass is 230 g/mol. The number of nitrogens with one attached hydrogen (secondary N) is 1. The van der Waals surface area contributed by atoms with Crippen molar-refractivity contribution < 1.29 is 0 Å². The lowest BCUT2D eigenvalue weighted by atomic mass is 9.91. The van der Waals surface area contributed by atoms with E-state index in [0.29, 0.717) is 0 Å². The van der Waals surface area contributed by atoms with Crippen LogP contribution in [0.5, 0.6) is 0 Å². The summed E-state index contributed by atoms with van der Waals surface area (Å²) < 4.78 is 0. The van der Waals surface area contributed by atoms with Gasteiger partial charge in [0.1, 0.15) is 5.40 Å². The van der Waals surface area contributed by atoms with Crippen molar-refractivity contribution in [3.63, 3.8) is 0 Å². The number of nitriles is 1. The molecule has 1 aliphatic heterocycles. The highest BCUT2D eigenvalue weighted by atomic mass is 32.2. The third kappa shape index (κ3) is 2.07. The van der Waals surface area contributed by atoms with E-state index in [0.717, 1.165) is 10.6 Å². The summed E-state index contributed by atoms with van der Waals surface area (Å²) in [4.78, 5) is 0.996. The largest absolute Gasteiger partial charge is 0.376 e. The second kappa shape index (κ2) is 3.88. The lowest BCUT2D eigenvalue weighted by Crippen LogP contribution is -2.31. The van der Waals surface area contributed by atoms with E-state index in [2.05, 4.69) is 43.6 Å². The molecule has 0 amide bonds. The minimum absolute atomic E-state index is 0.000964. The molecule has 0 radical (unpaired) electrons. The summed E-state index contributed by atoms with van der Waals surface area (Å²) in [5, 5.41) is 14.2. The van der Waals surface area contributed by atoms with Gasteiger partial charge in [-0.2, -0.15) is 5.26 Å². The minimum Gasteiger partial charge on any atom is -0.376 e. The number of thiocyanates is 1. The fraction of sp³-hybridized carbons (Fsp3) is 0.308. The van der Waals surface area contributed by atoms with Crippen LogP contribution in [-0.4, -0.2) is 5.54 Å². The second-order valence-electron chi connectivity index (χ2n) is 4.57. The molecule has 0 spiro atoms. The summed E-state index contributed by atoms with van der Waals surface area (Å²) >= 11 is 1.20. The molecule has 0 aromatic heterocycles. The van der Waals surface area contributed by atoms with Crippen molar-refractivity contribution in [2.24, 2.45) is 0 Å². The quantitative estimate of drug-likeness (QED) is 0.587. The Balaban J connectivity index is 2.46. The zero-order chi connectivity index (χ0) is 11.8. The minimum atomic E-state index is 0.000964. The molecule has 1 aromatic carbocycles. The van der Waals surface area contributed by atoms with Gasteiger partial charge in [-0.05, 0) is 56.3 Å². The SMILES string of the molecule is CC1=CC(C)(C)Nc2ccc(SC#N)cc21. The number of hydrogen-bond acceptors (Lipinski definition) is 3. The number of thioether (sulfide) groups is 1. The van der Waals surface area contributed by atoms with Crippen molar-refractivity contribution in [3.05, 3.63) is 29.8 Å². The zero-order valence-electron chi connectivity index (χ0n) is 9.66. The summed E-state index contributed by atoms with van der Waals surface area (Å²) in [5.74, 6) is 0. The maximum atomic E-state index is 8.66. The Labute approximate surface area is 100 Å². The van der Waals surface area contributed by atoms with Gasteiger partial charge < -0.3 is 5.32 Å². The Kier molecular flexibility index (Phi) is 2.69. The molecular weight excluding hydrogens is 216 g/mol. The van der Waals surface area contributed by atoms with E-state index in [4.69, 9.17) is 5.26 Å². The second-order valence-corrected chi connectivity index (χ2v) is 5.43. The third-order valence-electron chi connectivity index (χ3n) is 2.61. The highest BCUT2D eigenvalue weighted by Gasteiger charge is 2.22. The molecule has 0 atom stereocenters. The Bertz CT molecular complexity index is 495. The summed E-state index contributed by atoms with van der Waals surface area (Å²) in [6.07, 6.45) is 2.22. The number of allylic oxidation sites excluding steroid dienone is 1. The number of hydrogen-bond donors (Lipinski definition) is 1. The summed E-state index contributed by atoms with van der Waals surface area (Å²) in [6.45, 7) is 6.41. The van der Waals surface area contributed by atoms with E-state index in [-0.39, 0.29) is 5.54 Å². The van der Waals surface area contributed by atoms with Crippen LogP contribution >= 0.6 is 11.8 Å². The molecular formula is C13H14N2S. The van der Waals surface area contributed by atoms with Gasteiger partial charge in [0.15, 0.2) is 0 Å². The first kappa shape index (κ1) is 11.1. The molecule has 2 nitrogen and oxygen atoms in total. The van der Waals surface area contributed by atoms with E-state index >= 15 is 0 Å². The van der Waals surface area contributed by atoms with Crippen LogP contribution in [0.3, 0.4) is 0 Å². The van der Waals surface area contributed by atoms with E-state index in [1.54, 1.807) is 0 Å². The molecule has 2 rings (SSSR count). The Morgan fingerprint density at radius 1 is 1.38 bits per heavy atom. The number of rotatable bonds is 1. The molecule has 1 aliphatic rings. The third-order valence-corrected chi connectivity index (χ3v) is 3.19. The van der Waals surface area contributed by atoms with Crippen LogP contribution in [0.4, 0.5) is 5.69 Å². The van der Waals surface area contributed by atoms with Gasteiger partial charge in [0, 0.05) is 16.1 Å². The zero-order valence-corrected chi connectivity index (χ0v) is 10.5. The highest BCUT2D eigenvalue weighted by Crippen LogP contribution is 2.35. The molecule has 0 unspecified atom stereocenters. The maximum Gasteiger partial charge on any atom is 0.138 e. The van der Waals surface area contributed by atoms with Crippen LogP contribution in [-0.2, 0) is 0 Å². The highest BCUT2D eigenvalue weighted by molar-refractivity contribution is 8.03. The molecule has 1 heterocycles. The lowest BCUT2D eigenvalue weighted by molar-refractivity contribution is 0.707. The van der Waals surface area contributed by atoms with Crippen molar-refractivity contribution in [1.29, 1.82) is 5.26 Å². The molecule has 0 aliphatic carbocycles. The molecule has 3 heteroatoms. The van der Waals surface area contributed by atoms with Crippen molar-refractivity contribution in [3.8, 4) is 5.40 Å². The van der Waals surface area contributed by atoms with Gasteiger partial charge in [-0.1, -0.05) is 6.08 Å². The predicted octanol–water partition coefficient (Wildman–Crippen LogP) is 3.87. The van der Waals surface area contributed by atoms with Crippen LogP contribution in [0.15, 0.2) is 29.2 Å².